The van der Waals surface area contributed by atoms with Gasteiger partial charge in [-0.05, 0) is 31.2 Å². The lowest BCUT2D eigenvalue weighted by molar-refractivity contribution is -0.138. The zero-order chi connectivity index (χ0) is 18.6. The summed E-state index contributed by atoms with van der Waals surface area (Å²) in [5.41, 5.74) is 2.38. The number of H-pyrrole nitrogens is 1. The predicted octanol–water partition coefficient (Wildman–Crippen LogP) is 1.11. The summed E-state index contributed by atoms with van der Waals surface area (Å²) in [7, 11) is 0. The van der Waals surface area contributed by atoms with Crippen molar-refractivity contribution < 1.29 is 9.59 Å². The summed E-state index contributed by atoms with van der Waals surface area (Å²) >= 11 is 0. The lowest BCUT2D eigenvalue weighted by Crippen LogP contribution is -2.53. The van der Waals surface area contributed by atoms with Crippen LogP contribution in [0.1, 0.15) is 49.8 Å². The third-order valence-electron chi connectivity index (χ3n) is 6.39. The van der Waals surface area contributed by atoms with Crippen molar-refractivity contribution in [1.82, 2.24) is 25.3 Å². The molecule has 0 aromatic carbocycles. The van der Waals surface area contributed by atoms with Crippen LogP contribution in [0.2, 0.25) is 0 Å². The molecule has 1 unspecified atom stereocenters. The number of hydrogen-bond acceptors (Lipinski definition) is 4. The van der Waals surface area contributed by atoms with Gasteiger partial charge < -0.3 is 10.2 Å². The zero-order valence-electron chi connectivity index (χ0n) is 16.1. The van der Waals surface area contributed by atoms with Gasteiger partial charge in [-0.3, -0.25) is 19.6 Å². The molecule has 7 heteroatoms. The van der Waals surface area contributed by atoms with E-state index in [4.69, 9.17) is 0 Å². The van der Waals surface area contributed by atoms with E-state index in [0.29, 0.717) is 12.6 Å². The van der Waals surface area contributed by atoms with E-state index in [1.165, 1.54) is 24.8 Å². The molecule has 2 N–H and O–H groups in total. The van der Waals surface area contributed by atoms with Gasteiger partial charge in [0.1, 0.15) is 0 Å². The SMILES string of the molecule is O=C(CN1CCN(C(=O)C2CCc3cn[nH]c3C2)CC1)NC1CCCCC1. The Morgan fingerprint density at radius 3 is 2.67 bits per heavy atom. The summed E-state index contributed by atoms with van der Waals surface area (Å²) in [6.45, 7) is 3.47. The van der Waals surface area contributed by atoms with Crippen molar-refractivity contribution >= 4 is 11.8 Å². The Kier molecular flexibility index (Phi) is 5.76. The van der Waals surface area contributed by atoms with Crippen molar-refractivity contribution in [1.29, 1.82) is 0 Å². The second-order valence-electron chi connectivity index (χ2n) is 8.32. The van der Waals surface area contributed by atoms with Gasteiger partial charge in [-0.25, -0.2) is 0 Å². The topological polar surface area (TPSA) is 81.3 Å². The minimum Gasteiger partial charge on any atom is -0.352 e. The number of aromatic nitrogens is 2. The van der Waals surface area contributed by atoms with Gasteiger partial charge in [0.25, 0.3) is 0 Å². The third-order valence-corrected chi connectivity index (χ3v) is 6.39. The molecule has 2 amide bonds. The number of carbonyl (C=O) groups is 2. The average molecular weight is 374 g/mol. The summed E-state index contributed by atoms with van der Waals surface area (Å²) < 4.78 is 0. The number of fused-ring (bicyclic) bond motifs is 1. The first-order chi connectivity index (χ1) is 13.2. The Hall–Kier alpha value is -1.89. The van der Waals surface area contributed by atoms with Crippen molar-refractivity contribution in [2.45, 2.75) is 57.4 Å². The molecule has 4 rings (SSSR count). The Morgan fingerprint density at radius 2 is 1.89 bits per heavy atom. The van der Waals surface area contributed by atoms with Crippen molar-refractivity contribution in [3.63, 3.8) is 0 Å². The highest BCUT2D eigenvalue weighted by Gasteiger charge is 2.31. The maximum atomic E-state index is 12.9. The molecule has 3 aliphatic rings. The van der Waals surface area contributed by atoms with E-state index in [1.54, 1.807) is 0 Å². The lowest BCUT2D eigenvalue weighted by Gasteiger charge is -2.37. The molecule has 1 aliphatic heterocycles. The van der Waals surface area contributed by atoms with Crippen LogP contribution in [-0.2, 0) is 22.4 Å². The molecule has 1 atom stereocenters. The molecule has 27 heavy (non-hydrogen) atoms. The minimum atomic E-state index is 0.0686. The van der Waals surface area contributed by atoms with Gasteiger partial charge in [-0.15, -0.1) is 0 Å². The van der Waals surface area contributed by atoms with Crippen LogP contribution in [0.5, 0.6) is 0 Å². The number of piperazine rings is 1. The summed E-state index contributed by atoms with van der Waals surface area (Å²) in [5.74, 6) is 0.474. The van der Waals surface area contributed by atoms with Gasteiger partial charge in [0.05, 0.1) is 12.7 Å². The van der Waals surface area contributed by atoms with E-state index in [-0.39, 0.29) is 17.7 Å². The number of aryl methyl sites for hydroxylation is 1. The fourth-order valence-electron chi connectivity index (χ4n) is 4.73. The van der Waals surface area contributed by atoms with Gasteiger partial charge in [0, 0.05) is 50.3 Å². The van der Waals surface area contributed by atoms with E-state index in [9.17, 15) is 9.59 Å². The Labute approximate surface area is 160 Å². The summed E-state index contributed by atoms with van der Waals surface area (Å²) in [6.07, 6.45) is 10.5. The second-order valence-corrected chi connectivity index (χ2v) is 8.32. The Balaban J connectivity index is 1.20. The Bertz CT molecular complexity index is 659. The average Bonchev–Trinajstić information content (AvgIpc) is 3.16. The highest BCUT2D eigenvalue weighted by atomic mass is 16.2. The van der Waals surface area contributed by atoms with Crippen LogP contribution in [0.15, 0.2) is 6.20 Å². The number of hydrogen-bond donors (Lipinski definition) is 2. The van der Waals surface area contributed by atoms with Crippen LogP contribution in [0.4, 0.5) is 0 Å². The van der Waals surface area contributed by atoms with Gasteiger partial charge >= 0.3 is 0 Å². The monoisotopic (exact) mass is 373 g/mol. The Morgan fingerprint density at radius 1 is 1.11 bits per heavy atom. The molecule has 0 spiro atoms. The summed E-state index contributed by atoms with van der Waals surface area (Å²) in [6, 6.07) is 0.368. The van der Waals surface area contributed by atoms with Crippen molar-refractivity contribution in [3.05, 3.63) is 17.5 Å². The van der Waals surface area contributed by atoms with Crippen LogP contribution in [0, 0.1) is 5.92 Å². The van der Waals surface area contributed by atoms with Crippen LogP contribution < -0.4 is 5.32 Å². The fraction of sp³-hybridized carbons (Fsp3) is 0.750. The van der Waals surface area contributed by atoms with E-state index >= 15 is 0 Å². The van der Waals surface area contributed by atoms with Crippen LogP contribution in [0.3, 0.4) is 0 Å². The number of carbonyl (C=O) groups excluding carboxylic acids is 2. The highest BCUT2D eigenvalue weighted by Crippen LogP contribution is 2.25. The molecule has 7 nitrogen and oxygen atoms in total. The smallest absolute Gasteiger partial charge is 0.234 e. The molecule has 1 saturated carbocycles. The van der Waals surface area contributed by atoms with Crippen molar-refractivity contribution in [2.24, 2.45) is 5.92 Å². The normalized spacial score (nSPS) is 24.4. The van der Waals surface area contributed by atoms with E-state index in [1.807, 2.05) is 11.1 Å². The summed E-state index contributed by atoms with van der Waals surface area (Å²) in [5, 5.41) is 10.3. The molecule has 0 bridgehead atoms. The highest BCUT2D eigenvalue weighted by molar-refractivity contribution is 5.80. The predicted molar refractivity (Wildman–Crippen MR) is 102 cm³/mol. The first-order valence-corrected chi connectivity index (χ1v) is 10.5. The largest absolute Gasteiger partial charge is 0.352 e. The van der Waals surface area contributed by atoms with Gasteiger partial charge in [0.15, 0.2) is 0 Å². The molecule has 148 valence electrons. The lowest BCUT2D eigenvalue weighted by atomic mass is 9.87. The maximum Gasteiger partial charge on any atom is 0.234 e. The molecule has 1 aromatic heterocycles. The first kappa shape index (κ1) is 18.5. The standard InChI is InChI=1S/C20H31N5O2/c26-19(22-17-4-2-1-3-5-17)14-24-8-10-25(11-9-24)20(27)15-6-7-16-13-21-23-18(16)12-15/h13,15,17H,1-12,14H2,(H,21,23)(H,22,26). The molecule has 2 fully saturated rings. The van der Waals surface area contributed by atoms with Gasteiger partial charge in [-0.2, -0.15) is 5.10 Å². The van der Waals surface area contributed by atoms with E-state index in [0.717, 1.165) is 64.0 Å². The number of amides is 2. The fourth-order valence-corrected chi connectivity index (χ4v) is 4.73. The van der Waals surface area contributed by atoms with Crippen LogP contribution >= 0.6 is 0 Å². The number of rotatable bonds is 4. The van der Waals surface area contributed by atoms with Crippen LogP contribution in [0.25, 0.3) is 0 Å². The molecule has 2 heterocycles. The van der Waals surface area contributed by atoms with Gasteiger partial charge in [0.2, 0.25) is 11.8 Å². The van der Waals surface area contributed by atoms with E-state index in [2.05, 4.69) is 20.4 Å². The van der Waals surface area contributed by atoms with Crippen LogP contribution in [-0.4, -0.2) is 70.6 Å². The minimum absolute atomic E-state index is 0.0686. The molecular formula is C20H31N5O2. The first-order valence-electron chi connectivity index (χ1n) is 10.5. The third kappa shape index (κ3) is 4.51. The molecule has 1 aromatic rings. The molecular weight excluding hydrogens is 342 g/mol. The molecule has 1 saturated heterocycles. The maximum absolute atomic E-state index is 12.9. The second kappa shape index (κ2) is 8.42. The number of nitrogens with one attached hydrogen (secondary N) is 2. The summed E-state index contributed by atoms with van der Waals surface area (Å²) in [4.78, 5) is 29.3. The molecule has 2 aliphatic carbocycles. The van der Waals surface area contributed by atoms with E-state index < -0.39 is 0 Å². The van der Waals surface area contributed by atoms with Gasteiger partial charge in [-0.1, -0.05) is 19.3 Å². The molecule has 0 radical (unpaired) electrons. The zero-order valence-corrected chi connectivity index (χ0v) is 16.1. The quantitative estimate of drug-likeness (QED) is 0.828. The van der Waals surface area contributed by atoms with Crippen molar-refractivity contribution in [2.75, 3.05) is 32.7 Å². The number of aromatic amines is 1. The number of nitrogens with zero attached hydrogens (tertiary/aromatic N) is 3. The van der Waals surface area contributed by atoms with Crippen molar-refractivity contribution in [3.8, 4) is 0 Å².